The highest BCUT2D eigenvalue weighted by Gasteiger charge is 2.31. The predicted molar refractivity (Wildman–Crippen MR) is 103 cm³/mol. The van der Waals surface area contributed by atoms with Crippen molar-refractivity contribution in [1.29, 1.82) is 0 Å². The SMILES string of the molecule is O=[N+]([O-])c1ccc(CS(=O)(=O)c2nnc(C3CCCN3)n2CC2CCCO2)cc1. The van der Waals surface area contributed by atoms with E-state index in [1.165, 1.54) is 24.3 Å². The molecule has 11 heteroatoms. The Hall–Kier alpha value is -2.37. The number of benzene rings is 1. The Balaban J connectivity index is 1.63. The van der Waals surface area contributed by atoms with Gasteiger partial charge in [0.05, 0.1) is 29.4 Å². The molecule has 156 valence electrons. The van der Waals surface area contributed by atoms with Gasteiger partial charge < -0.3 is 10.1 Å². The number of sulfone groups is 1. The number of nitrogens with one attached hydrogen (secondary N) is 1. The first kappa shape index (κ1) is 19.9. The summed E-state index contributed by atoms with van der Waals surface area (Å²) in [5, 5.41) is 22.3. The Labute approximate surface area is 168 Å². The second-order valence-electron chi connectivity index (χ2n) is 7.42. The fourth-order valence-corrected chi connectivity index (χ4v) is 5.28. The standard InChI is InChI=1S/C18H23N5O5S/c24-23(25)14-7-5-13(6-8-14)12-29(26,27)18-21-20-17(16-4-1-9-19-16)22(18)11-15-3-2-10-28-15/h5-8,15-16,19H,1-4,9-12H2. The molecule has 2 saturated heterocycles. The monoisotopic (exact) mass is 421 g/mol. The molecule has 1 aromatic carbocycles. The molecule has 2 atom stereocenters. The third-order valence-corrected chi connectivity index (χ3v) is 6.88. The summed E-state index contributed by atoms with van der Waals surface area (Å²) in [5.41, 5.74) is 0.380. The van der Waals surface area contributed by atoms with Crippen LogP contribution >= 0.6 is 0 Å². The van der Waals surface area contributed by atoms with E-state index in [0.29, 0.717) is 24.5 Å². The molecule has 2 aliphatic rings. The van der Waals surface area contributed by atoms with Crippen molar-refractivity contribution < 1.29 is 18.1 Å². The minimum absolute atomic E-state index is 0.0211. The molecule has 1 N–H and O–H groups in total. The van der Waals surface area contributed by atoms with Crippen LogP contribution < -0.4 is 5.32 Å². The number of nitro benzene ring substituents is 1. The summed E-state index contributed by atoms with van der Waals surface area (Å²) in [6.07, 6.45) is 3.65. The highest BCUT2D eigenvalue weighted by atomic mass is 32.2. The number of aromatic nitrogens is 3. The summed E-state index contributed by atoms with van der Waals surface area (Å²) in [5.74, 6) is 0.326. The van der Waals surface area contributed by atoms with Gasteiger partial charge >= 0.3 is 0 Å². The predicted octanol–water partition coefficient (Wildman–Crippen LogP) is 1.76. The molecular formula is C18H23N5O5S. The number of hydrogen-bond acceptors (Lipinski definition) is 8. The maximum Gasteiger partial charge on any atom is 0.269 e. The molecule has 1 aromatic heterocycles. The van der Waals surface area contributed by atoms with Crippen LogP contribution in [0.1, 0.15) is 43.1 Å². The van der Waals surface area contributed by atoms with Crippen LogP contribution in [0.4, 0.5) is 5.69 Å². The fraction of sp³-hybridized carbons (Fsp3) is 0.556. The van der Waals surface area contributed by atoms with Crippen LogP contribution in [-0.2, 0) is 26.9 Å². The van der Waals surface area contributed by atoms with Crippen LogP contribution in [0.2, 0.25) is 0 Å². The number of non-ortho nitro benzene ring substituents is 1. The third kappa shape index (κ3) is 4.31. The van der Waals surface area contributed by atoms with E-state index in [1.54, 1.807) is 4.57 Å². The second kappa shape index (κ2) is 8.17. The van der Waals surface area contributed by atoms with Gasteiger partial charge in [-0.25, -0.2) is 8.42 Å². The zero-order valence-electron chi connectivity index (χ0n) is 15.9. The lowest BCUT2D eigenvalue weighted by molar-refractivity contribution is -0.384. The molecule has 2 fully saturated rings. The summed E-state index contributed by atoms with van der Waals surface area (Å²) in [4.78, 5) is 10.3. The van der Waals surface area contributed by atoms with E-state index in [2.05, 4.69) is 15.5 Å². The summed E-state index contributed by atoms with van der Waals surface area (Å²) in [7, 11) is -3.79. The summed E-state index contributed by atoms with van der Waals surface area (Å²) >= 11 is 0. The number of rotatable bonds is 7. The van der Waals surface area contributed by atoms with E-state index in [0.717, 1.165) is 32.2 Å². The third-order valence-electron chi connectivity index (χ3n) is 5.31. The molecule has 0 spiro atoms. The quantitative estimate of drug-likeness (QED) is 0.529. The molecule has 0 bridgehead atoms. The zero-order chi connectivity index (χ0) is 20.4. The van der Waals surface area contributed by atoms with Crippen molar-refractivity contribution in [3.8, 4) is 0 Å². The lowest BCUT2D eigenvalue weighted by Crippen LogP contribution is -2.25. The topological polar surface area (TPSA) is 129 Å². The Morgan fingerprint density at radius 1 is 1.21 bits per heavy atom. The Bertz CT molecular complexity index is 977. The van der Waals surface area contributed by atoms with Crippen molar-refractivity contribution in [2.24, 2.45) is 0 Å². The number of nitrogens with zero attached hydrogens (tertiary/aromatic N) is 4. The molecule has 2 unspecified atom stereocenters. The van der Waals surface area contributed by atoms with Crippen molar-refractivity contribution in [2.75, 3.05) is 13.2 Å². The van der Waals surface area contributed by atoms with E-state index >= 15 is 0 Å². The van der Waals surface area contributed by atoms with Gasteiger partial charge in [-0.05, 0) is 37.8 Å². The molecule has 2 aliphatic heterocycles. The number of nitro groups is 1. The molecule has 2 aromatic rings. The molecular weight excluding hydrogens is 398 g/mol. The van der Waals surface area contributed by atoms with Crippen molar-refractivity contribution in [1.82, 2.24) is 20.1 Å². The average Bonchev–Trinajstić information content (AvgIpc) is 3.44. The van der Waals surface area contributed by atoms with Gasteiger partial charge in [0.2, 0.25) is 15.0 Å². The van der Waals surface area contributed by atoms with Crippen LogP contribution in [0.5, 0.6) is 0 Å². The molecule has 0 aliphatic carbocycles. The average molecular weight is 421 g/mol. The van der Waals surface area contributed by atoms with Crippen molar-refractivity contribution in [2.45, 2.75) is 55.3 Å². The van der Waals surface area contributed by atoms with Crippen LogP contribution in [0.3, 0.4) is 0 Å². The van der Waals surface area contributed by atoms with Crippen molar-refractivity contribution >= 4 is 15.5 Å². The summed E-state index contributed by atoms with van der Waals surface area (Å²) in [6.45, 7) is 1.94. The van der Waals surface area contributed by atoms with Gasteiger partial charge in [-0.15, -0.1) is 10.2 Å². The first-order chi connectivity index (χ1) is 13.9. The normalized spacial score (nSPS) is 22.2. The Morgan fingerprint density at radius 3 is 2.62 bits per heavy atom. The maximum absolute atomic E-state index is 13.1. The minimum atomic E-state index is -3.79. The van der Waals surface area contributed by atoms with E-state index in [4.69, 9.17) is 4.74 Å². The lowest BCUT2D eigenvalue weighted by atomic mass is 10.2. The smallest absolute Gasteiger partial charge is 0.269 e. The lowest BCUT2D eigenvalue weighted by Gasteiger charge is -2.17. The highest BCUT2D eigenvalue weighted by molar-refractivity contribution is 7.90. The van der Waals surface area contributed by atoms with Gasteiger partial charge in [0.1, 0.15) is 0 Å². The van der Waals surface area contributed by atoms with E-state index in [9.17, 15) is 18.5 Å². The van der Waals surface area contributed by atoms with E-state index < -0.39 is 14.8 Å². The van der Waals surface area contributed by atoms with E-state index in [1.807, 2.05) is 0 Å². The maximum atomic E-state index is 13.1. The van der Waals surface area contributed by atoms with Gasteiger partial charge in [-0.3, -0.25) is 14.7 Å². The molecule has 0 saturated carbocycles. The van der Waals surface area contributed by atoms with Crippen LogP contribution in [0.25, 0.3) is 0 Å². The Kier molecular flexibility index (Phi) is 5.61. The fourth-order valence-electron chi connectivity index (χ4n) is 3.85. The second-order valence-corrected chi connectivity index (χ2v) is 9.30. The van der Waals surface area contributed by atoms with Crippen molar-refractivity contribution in [3.63, 3.8) is 0 Å². The highest BCUT2D eigenvalue weighted by Crippen LogP contribution is 2.27. The van der Waals surface area contributed by atoms with Gasteiger partial charge in [0.25, 0.3) is 5.69 Å². The minimum Gasteiger partial charge on any atom is -0.376 e. The molecule has 0 radical (unpaired) electrons. The van der Waals surface area contributed by atoms with Gasteiger partial charge in [-0.2, -0.15) is 0 Å². The molecule has 3 heterocycles. The van der Waals surface area contributed by atoms with Crippen LogP contribution in [-0.4, -0.2) is 47.4 Å². The largest absolute Gasteiger partial charge is 0.376 e. The molecule has 4 rings (SSSR count). The zero-order valence-corrected chi connectivity index (χ0v) is 16.7. The van der Waals surface area contributed by atoms with Gasteiger partial charge in [0, 0.05) is 18.7 Å². The number of hydrogen-bond donors (Lipinski definition) is 1. The first-order valence-corrected chi connectivity index (χ1v) is 11.3. The number of ether oxygens (including phenoxy) is 1. The van der Waals surface area contributed by atoms with Crippen LogP contribution in [0.15, 0.2) is 29.4 Å². The molecule has 29 heavy (non-hydrogen) atoms. The van der Waals surface area contributed by atoms with Crippen molar-refractivity contribution in [3.05, 3.63) is 45.8 Å². The van der Waals surface area contributed by atoms with Crippen LogP contribution in [0, 0.1) is 10.1 Å². The van der Waals surface area contributed by atoms with Gasteiger partial charge in [-0.1, -0.05) is 12.1 Å². The Morgan fingerprint density at radius 2 is 2.00 bits per heavy atom. The van der Waals surface area contributed by atoms with E-state index in [-0.39, 0.29) is 28.7 Å². The first-order valence-electron chi connectivity index (χ1n) is 9.68. The summed E-state index contributed by atoms with van der Waals surface area (Å²) in [6, 6.07) is 5.49. The molecule has 10 nitrogen and oxygen atoms in total. The summed E-state index contributed by atoms with van der Waals surface area (Å²) < 4.78 is 33.6. The molecule has 0 amide bonds. The van der Waals surface area contributed by atoms with Gasteiger partial charge in [0.15, 0.2) is 5.82 Å².